The summed E-state index contributed by atoms with van der Waals surface area (Å²) in [5, 5.41) is 5.43. The number of halogens is 1. The fourth-order valence-corrected chi connectivity index (χ4v) is 3.87. The second kappa shape index (κ2) is 11.6. The van der Waals surface area contributed by atoms with E-state index in [4.69, 9.17) is 9.47 Å². The number of hydrogen-bond donors (Lipinski definition) is 2. The highest BCUT2D eigenvalue weighted by Gasteiger charge is 2.17. The lowest BCUT2D eigenvalue weighted by Crippen LogP contribution is -2.37. The topological polar surface area (TPSA) is 97.0 Å². The van der Waals surface area contributed by atoms with Crippen LogP contribution in [0.15, 0.2) is 34.1 Å². The maximum absolute atomic E-state index is 12.3. The van der Waals surface area contributed by atoms with Crippen LogP contribution < -0.4 is 20.1 Å². The predicted molar refractivity (Wildman–Crippen MR) is 118 cm³/mol. The summed E-state index contributed by atoms with van der Waals surface area (Å²) in [5.74, 6) is 0.186. The van der Waals surface area contributed by atoms with Crippen LogP contribution in [-0.2, 0) is 16.1 Å². The van der Waals surface area contributed by atoms with Crippen molar-refractivity contribution in [2.45, 2.75) is 13.5 Å². The van der Waals surface area contributed by atoms with Crippen LogP contribution in [0, 0.1) is 0 Å². The number of thiophene rings is 1. The Morgan fingerprint density at radius 1 is 1.10 bits per heavy atom. The molecule has 0 aliphatic carbocycles. The van der Waals surface area contributed by atoms with Gasteiger partial charge in [0.05, 0.1) is 22.3 Å². The molecule has 0 aliphatic rings. The second-order valence-electron chi connectivity index (χ2n) is 6.27. The largest absolute Gasteiger partial charge is 0.493 e. The first-order valence-electron chi connectivity index (χ1n) is 9.18. The number of methoxy groups -OCH3 is 1. The van der Waals surface area contributed by atoms with Crippen molar-refractivity contribution in [3.63, 3.8) is 0 Å². The Morgan fingerprint density at radius 3 is 2.50 bits per heavy atom. The standard InChI is InChI=1S/C20H24BrN3O5S/c1-4-22-19(26)12-29-14-6-5-13(9-15(14)28-3)10-23-18(25)11-24(2)20(27)16-7-8-17(21)30-16/h5-9H,4,10-12H2,1-3H3,(H,22,26)(H,23,25). The lowest BCUT2D eigenvalue weighted by atomic mass is 10.2. The molecule has 2 rings (SSSR count). The number of likely N-dealkylation sites (N-methyl/N-ethyl adjacent to an activating group) is 2. The third-order valence-electron chi connectivity index (χ3n) is 3.96. The van der Waals surface area contributed by atoms with Crippen LogP contribution in [0.25, 0.3) is 0 Å². The van der Waals surface area contributed by atoms with Gasteiger partial charge in [0.1, 0.15) is 0 Å². The Hall–Kier alpha value is -2.59. The lowest BCUT2D eigenvalue weighted by Gasteiger charge is -2.16. The van der Waals surface area contributed by atoms with Crippen LogP contribution in [-0.4, -0.2) is 56.5 Å². The number of ether oxygens (including phenoxy) is 2. The molecule has 10 heteroatoms. The third kappa shape index (κ3) is 7.03. The molecule has 30 heavy (non-hydrogen) atoms. The van der Waals surface area contributed by atoms with Gasteiger partial charge in [0.2, 0.25) is 5.91 Å². The molecule has 0 spiro atoms. The molecule has 1 heterocycles. The third-order valence-corrected chi connectivity index (χ3v) is 5.57. The summed E-state index contributed by atoms with van der Waals surface area (Å²) in [6.07, 6.45) is 0. The molecule has 0 saturated carbocycles. The minimum atomic E-state index is -0.281. The van der Waals surface area contributed by atoms with E-state index in [2.05, 4.69) is 26.6 Å². The zero-order chi connectivity index (χ0) is 22.1. The van der Waals surface area contributed by atoms with E-state index in [1.54, 1.807) is 37.4 Å². The zero-order valence-electron chi connectivity index (χ0n) is 17.0. The average molecular weight is 498 g/mol. The summed E-state index contributed by atoms with van der Waals surface area (Å²) >= 11 is 4.64. The van der Waals surface area contributed by atoms with Gasteiger partial charge in [0, 0.05) is 20.1 Å². The first-order valence-corrected chi connectivity index (χ1v) is 10.8. The first kappa shape index (κ1) is 23.7. The molecule has 1 aromatic heterocycles. The van der Waals surface area contributed by atoms with E-state index in [-0.39, 0.29) is 37.4 Å². The fraction of sp³-hybridized carbons (Fsp3) is 0.350. The zero-order valence-corrected chi connectivity index (χ0v) is 19.4. The minimum absolute atomic E-state index is 0.0563. The van der Waals surface area contributed by atoms with E-state index in [0.717, 1.165) is 9.35 Å². The fourth-order valence-electron chi connectivity index (χ4n) is 2.49. The number of hydrogen-bond acceptors (Lipinski definition) is 6. The minimum Gasteiger partial charge on any atom is -0.493 e. The van der Waals surface area contributed by atoms with Crippen molar-refractivity contribution < 1.29 is 23.9 Å². The molecule has 0 radical (unpaired) electrons. The van der Waals surface area contributed by atoms with Crippen LogP contribution >= 0.6 is 27.3 Å². The number of carbonyl (C=O) groups excluding carboxylic acids is 3. The maximum atomic E-state index is 12.3. The molecular weight excluding hydrogens is 474 g/mol. The van der Waals surface area contributed by atoms with Crippen molar-refractivity contribution in [1.29, 1.82) is 0 Å². The average Bonchev–Trinajstić information content (AvgIpc) is 3.16. The molecule has 162 valence electrons. The Labute approximate surface area is 187 Å². The van der Waals surface area contributed by atoms with E-state index in [9.17, 15) is 14.4 Å². The number of nitrogens with one attached hydrogen (secondary N) is 2. The van der Waals surface area contributed by atoms with E-state index >= 15 is 0 Å². The van der Waals surface area contributed by atoms with Crippen molar-refractivity contribution in [1.82, 2.24) is 15.5 Å². The summed E-state index contributed by atoms with van der Waals surface area (Å²) < 4.78 is 11.6. The predicted octanol–water partition coefficient (Wildman–Crippen LogP) is 2.42. The van der Waals surface area contributed by atoms with Gasteiger partial charge >= 0.3 is 0 Å². The Bertz CT molecular complexity index is 902. The van der Waals surface area contributed by atoms with Gasteiger partial charge in [-0.3, -0.25) is 14.4 Å². The number of carbonyl (C=O) groups is 3. The Balaban J connectivity index is 1.87. The molecular formula is C20H24BrN3O5S. The van der Waals surface area contributed by atoms with Gasteiger partial charge in [-0.2, -0.15) is 0 Å². The molecule has 1 aromatic carbocycles. The molecule has 3 amide bonds. The van der Waals surface area contributed by atoms with Crippen molar-refractivity contribution in [2.24, 2.45) is 0 Å². The molecule has 0 bridgehead atoms. The smallest absolute Gasteiger partial charge is 0.264 e. The van der Waals surface area contributed by atoms with Crippen molar-refractivity contribution in [2.75, 3.05) is 33.9 Å². The van der Waals surface area contributed by atoms with E-state index in [1.165, 1.54) is 23.3 Å². The summed E-state index contributed by atoms with van der Waals surface area (Å²) in [7, 11) is 3.08. The molecule has 2 N–H and O–H groups in total. The molecule has 0 saturated heterocycles. The van der Waals surface area contributed by atoms with Crippen molar-refractivity contribution in [3.05, 3.63) is 44.6 Å². The van der Waals surface area contributed by atoms with Crippen LogP contribution in [0.5, 0.6) is 11.5 Å². The molecule has 0 atom stereocenters. The Morgan fingerprint density at radius 2 is 1.87 bits per heavy atom. The van der Waals surface area contributed by atoms with Gasteiger partial charge in [0.15, 0.2) is 18.1 Å². The number of rotatable bonds is 10. The van der Waals surface area contributed by atoms with Crippen LogP contribution in [0.1, 0.15) is 22.2 Å². The van der Waals surface area contributed by atoms with Gasteiger partial charge in [-0.05, 0) is 52.7 Å². The quantitative estimate of drug-likeness (QED) is 0.525. The van der Waals surface area contributed by atoms with E-state index < -0.39 is 0 Å². The molecule has 8 nitrogen and oxygen atoms in total. The maximum Gasteiger partial charge on any atom is 0.264 e. The van der Waals surface area contributed by atoms with Crippen molar-refractivity contribution >= 4 is 45.0 Å². The number of nitrogens with zero attached hydrogens (tertiary/aromatic N) is 1. The van der Waals surface area contributed by atoms with Crippen LogP contribution in [0.3, 0.4) is 0 Å². The second-order valence-corrected chi connectivity index (χ2v) is 8.73. The number of benzene rings is 1. The van der Waals surface area contributed by atoms with Gasteiger partial charge < -0.3 is 25.0 Å². The normalized spacial score (nSPS) is 10.3. The van der Waals surface area contributed by atoms with E-state index in [0.29, 0.717) is 22.9 Å². The highest BCUT2D eigenvalue weighted by molar-refractivity contribution is 9.11. The molecule has 0 aliphatic heterocycles. The summed E-state index contributed by atoms with van der Waals surface area (Å²) in [6, 6.07) is 8.69. The highest BCUT2D eigenvalue weighted by Crippen LogP contribution is 2.28. The first-order chi connectivity index (χ1) is 14.3. The lowest BCUT2D eigenvalue weighted by molar-refractivity contribution is -0.123. The van der Waals surface area contributed by atoms with Gasteiger partial charge in [-0.25, -0.2) is 0 Å². The Kier molecular flexibility index (Phi) is 9.13. The van der Waals surface area contributed by atoms with Gasteiger partial charge in [0.25, 0.3) is 11.8 Å². The van der Waals surface area contributed by atoms with Crippen LogP contribution in [0.4, 0.5) is 0 Å². The monoisotopic (exact) mass is 497 g/mol. The summed E-state index contributed by atoms with van der Waals surface area (Å²) in [6.45, 7) is 2.46. The SMILES string of the molecule is CCNC(=O)COc1ccc(CNC(=O)CN(C)C(=O)c2ccc(Br)s2)cc1OC. The van der Waals surface area contributed by atoms with E-state index in [1.807, 2.05) is 6.92 Å². The highest BCUT2D eigenvalue weighted by atomic mass is 79.9. The van der Waals surface area contributed by atoms with Crippen molar-refractivity contribution in [3.8, 4) is 11.5 Å². The molecule has 2 aromatic rings. The van der Waals surface area contributed by atoms with Gasteiger partial charge in [-0.1, -0.05) is 6.07 Å². The van der Waals surface area contributed by atoms with Gasteiger partial charge in [-0.15, -0.1) is 11.3 Å². The molecule has 0 fully saturated rings. The summed E-state index contributed by atoms with van der Waals surface area (Å²) in [4.78, 5) is 38.0. The summed E-state index contributed by atoms with van der Waals surface area (Å²) in [5.41, 5.74) is 0.793. The number of amides is 3. The molecule has 0 unspecified atom stereocenters. The van der Waals surface area contributed by atoms with Crippen LogP contribution in [0.2, 0.25) is 0 Å².